The summed E-state index contributed by atoms with van der Waals surface area (Å²) in [6, 6.07) is 4.96. The number of ether oxygens (including phenoxy) is 1. The topological polar surface area (TPSA) is 38.5 Å². The third-order valence-corrected chi connectivity index (χ3v) is 4.10. The van der Waals surface area contributed by atoms with Crippen LogP contribution < -0.4 is 5.73 Å². The van der Waals surface area contributed by atoms with E-state index in [1.165, 1.54) is 4.88 Å². The molecule has 0 bridgehead atoms. The monoisotopic (exact) mass is 256 g/mol. The van der Waals surface area contributed by atoms with Gasteiger partial charge in [-0.3, -0.25) is 4.90 Å². The lowest BCUT2D eigenvalue weighted by atomic mass is 10.1. The summed E-state index contributed by atoms with van der Waals surface area (Å²) >= 11 is 1.81. The summed E-state index contributed by atoms with van der Waals surface area (Å²) in [6.07, 6.45) is 2.06. The van der Waals surface area contributed by atoms with Gasteiger partial charge in [0.25, 0.3) is 0 Å². The summed E-state index contributed by atoms with van der Waals surface area (Å²) < 4.78 is 5.04. The molecule has 1 heterocycles. The molecule has 0 amide bonds. The number of nitrogens with two attached hydrogens (primary N) is 1. The van der Waals surface area contributed by atoms with E-state index in [9.17, 15) is 0 Å². The van der Waals surface area contributed by atoms with E-state index in [0.717, 1.165) is 26.0 Å². The Kier molecular flexibility index (Phi) is 6.73. The van der Waals surface area contributed by atoms with Gasteiger partial charge in [0.15, 0.2) is 0 Å². The van der Waals surface area contributed by atoms with Gasteiger partial charge in [0.1, 0.15) is 0 Å². The third-order valence-electron chi connectivity index (χ3n) is 3.06. The van der Waals surface area contributed by atoms with E-state index < -0.39 is 0 Å². The first-order valence-corrected chi connectivity index (χ1v) is 7.01. The molecule has 0 aliphatic rings. The van der Waals surface area contributed by atoms with Gasteiger partial charge in [-0.25, -0.2) is 0 Å². The Balaban J connectivity index is 2.30. The van der Waals surface area contributed by atoms with Crippen LogP contribution in [0.1, 0.15) is 30.7 Å². The Morgan fingerprint density at radius 2 is 2.29 bits per heavy atom. The standard InChI is InChI=1S/C13H24N2OS/c1-11(13-7-5-9-17-13)15(2)10-12(14)6-4-8-16-3/h5,7,9,11-12H,4,6,8,10,14H2,1-3H3. The van der Waals surface area contributed by atoms with Crippen LogP contribution in [-0.4, -0.2) is 38.3 Å². The van der Waals surface area contributed by atoms with Crippen molar-refractivity contribution in [1.29, 1.82) is 0 Å². The predicted molar refractivity (Wildman–Crippen MR) is 74.4 cm³/mol. The first-order valence-electron chi connectivity index (χ1n) is 6.13. The number of nitrogens with zero attached hydrogens (tertiary/aromatic N) is 1. The normalized spacial score (nSPS) is 15.1. The van der Waals surface area contributed by atoms with E-state index in [4.69, 9.17) is 10.5 Å². The molecule has 0 saturated carbocycles. The molecule has 3 nitrogen and oxygen atoms in total. The van der Waals surface area contributed by atoms with E-state index in [1.807, 2.05) is 0 Å². The fourth-order valence-electron chi connectivity index (χ4n) is 1.86. The van der Waals surface area contributed by atoms with E-state index in [-0.39, 0.29) is 6.04 Å². The molecule has 1 rings (SSSR count). The SMILES string of the molecule is COCCCC(N)CN(C)C(C)c1cccs1. The fourth-order valence-corrected chi connectivity index (χ4v) is 2.70. The quantitative estimate of drug-likeness (QED) is 0.726. The Labute approximate surface area is 109 Å². The summed E-state index contributed by atoms with van der Waals surface area (Å²) in [4.78, 5) is 3.72. The predicted octanol–water partition coefficient (Wildman–Crippen LogP) is 2.49. The smallest absolute Gasteiger partial charge is 0.0462 e. The molecule has 0 aliphatic heterocycles. The van der Waals surface area contributed by atoms with Crippen molar-refractivity contribution in [2.24, 2.45) is 5.73 Å². The van der Waals surface area contributed by atoms with Crippen LogP contribution in [-0.2, 0) is 4.74 Å². The van der Waals surface area contributed by atoms with Crippen LogP contribution in [0.25, 0.3) is 0 Å². The number of thiophene rings is 1. The Morgan fingerprint density at radius 1 is 1.53 bits per heavy atom. The maximum Gasteiger partial charge on any atom is 0.0462 e. The highest BCUT2D eigenvalue weighted by Gasteiger charge is 2.15. The van der Waals surface area contributed by atoms with Crippen LogP contribution in [0, 0.1) is 0 Å². The van der Waals surface area contributed by atoms with Gasteiger partial charge < -0.3 is 10.5 Å². The lowest BCUT2D eigenvalue weighted by Crippen LogP contribution is -2.36. The second-order valence-electron chi connectivity index (χ2n) is 4.53. The van der Waals surface area contributed by atoms with Crippen molar-refractivity contribution in [2.45, 2.75) is 31.8 Å². The maximum absolute atomic E-state index is 6.11. The van der Waals surface area contributed by atoms with Gasteiger partial charge in [0.2, 0.25) is 0 Å². The molecule has 1 aromatic rings. The van der Waals surface area contributed by atoms with Crippen LogP contribution in [0.4, 0.5) is 0 Å². The molecular formula is C13H24N2OS. The first kappa shape index (κ1) is 14.6. The second-order valence-corrected chi connectivity index (χ2v) is 5.51. The zero-order valence-electron chi connectivity index (χ0n) is 11.1. The summed E-state index contributed by atoms with van der Waals surface area (Å²) in [5.41, 5.74) is 6.11. The molecule has 4 heteroatoms. The minimum absolute atomic E-state index is 0.234. The van der Waals surface area contributed by atoms with Crippen LogP contribution in [0.15, 0.2) is 17.5 Å². The molecule has 0 aromatic carbocycles. The van der Waals surface area contributed by atoms with Gasteiger partial charge in [0.05, 0.1) is 0 Å². The Bertz CT molecular complexity index is 290. The fraction of sp³-hybridized carbons (Fsp3) is 0.692. The van der Waals surface area contributed by atoms with E-state index >= 15 is 0 Å². The van der Waals surface area contributed by atoms with Crippen molar-refractivity contribution in [3.63, 3.8) is 0 Å². The summed E-state index contributed by atoms with van der Waals surface area (Å²) in [6.45, 7) is 3.97. The second kappa shape index (κ2) is 7.82. The van der Waals surface area contributed by atoms with Gasteiger partial charge in [-0.15, -0.1) is 11.3 Å². The summed E-state index contributed by atoms with van der Waals surface area (Å²) in [5, 5.41) is 2.12. The third kappa shape index (κ3) is 5.17. The van der Waals surface area contributed by atoms with Crippen LogP contribution in [0.2, 0.25) is 0 Å². The van der Waals surface area contributed by atoms with Crippen molar-refractivity contribution >= 4 is 11.3 Å². The molecule has 0 saturated heterocycles. The number of hydrogen-bond donors (Lipinski definition) is 1. The lowest BCUT2D eigenvalue weighted by Gasteiger charge is -2.26. The molecule has 2 N–H and O–H groups in total. The van der Waals surface area contributed by atoms with Gasteiger partial charge in [-0.2, -0.15) is 0 Å². The molecule has 2 atom stereocenters. The van der Waals surface area contributed by atoms with E-state index in [2.05, 4.69) is 36.4 Å². The lowest BCUT2D eigenvalue weighted by molar-refractivity contribution is 0.184. The Hall–Kier alpha value is -0.420. The number of hydrogen-bond acceptors (Lipinski definition) is 4. The zero-order chi connectivity index (χ0) is 12.7. The van der Waals surface area contributed by atoms with Crippen LogP contribution in [0.5, 0.6) is 0 Å². The largest absolute Gasteiger partial charge is 0.385 e. The molecule has 0 aliphatic carbocycles. The maximum atomic E-state index is 6.11. The molecule has 0 radical (unpaired) electrons. The van der Waals surface area contributed by atoms with Crippen LogP contribution >= 0.6 is 11.3 Å². The minimum atomic E-state index is 0.234. The first-order chi connectivity index (χ1) is 8.15. The average Bonchev–Trinajstić information content (AvgIpc) is 2.81. The highest BCUT2D eigenvalue weighted by molar-refractivity contribution is 7.10. The van der Waals surface area contributed by atoms with Gasteiger partial charge in [-0.05, 0) is 38.3 Å². The molecule has 0 fully saturated rings. The number of rotatable bonds is 8. The van der Waals surface area contributed by atoms with E-state index in [1.54, 1.807) is 18.4 Å². The highest BCUT2D eigenvalue weighted by Crippen LogP contribution is 2.23. The molecule has 0 spiro atoms. The molecule has 2 unspecified atom stereocenters. The summed E-state index contributed by atoms with van der Waals surface area (Å²) in [7, 11) is 3.87. The van der Waals surface area contributed by atoms with Crippen molar-refractivity contribution < 1.29 is 4.74 Å². The van der Waals surface area contributed by atoms with E-state index in [0.29, 0.717) is 6.04 Å². The van der Waals surface area contributed by atoms with Crippen molar-refractivity contribution in [3.8, 4) is 0 Å². The summed E-state index contributed by atoms with van der Waals surface area (Å²) in [5.74, 6) is 0. The van der Waals surface area contributed by atoms with Crippen LogP contribution in [0.3, 0.4) is 0 Å². The number of likely N-dealkylation sites (N-methyl/N-ethyl adjacent to an activating group) is 1. The van der Waals surface area contributed by atoms with Gasteiger partial charge in [-0.1, -0.05) is 6.07 Å². The van der Waals surface area contributed by atoms with Crippen molar-refractivity contribution in [3.05, 3.63) is 22.4 Å². The average molecular weight is 256 g/mol. The highest BCUT2D eigenvalue weighted by atomic mass is 32.1. The molecular weight excluding hydrogens is 232 g/mol. The van der Waals surface area contributed by atoms with Gasteiger partial charge in [0, 0.05) is 37.2 Å². The molecule has 98 valence electrons. The zero-order valence-corrected chi connectivity index (χ0v) is 11.9. The molecule has 1 aromatic heterocycles. The minimum Gasteiger partial charge on any atom is -0.385 e. The number of methoxy groups -OCH3 is 1. The molecule has 17 heavy (non-hydrogen) atoms. The van der Waals surface area contributed by atoms with Crippen molar-refractivity contribution in [2.75, 3.05) is 27.3 Å². The van der Waals surface area contributed by atoms with Gasteiger partial charge >= 0.3 is 0 Å². The Morgan fingerprint density at radius 3 is 2.88 bits per heavy atom. The van der Waals surface area contributed by atoms with Crippen molar-refractivity contribution in [1.82, 2.24) is 4.90 Å².